The number of unbranched alkanes of at least 4 members (excludes halogenated alkanes) is 8. The molecule has 0 aliphatic rings. The molecule has 0 saturated carbocycles. The highest BCUT2D eigenvalue weighted by molar-refractivity contribution is 5.66. The molecular weight excluding hydrogens is 280 g/mol. The smallest absolute Gasteiger partial charge is 0.303 e. The Morgan fingerprint density at radius 3 is 2.27 bits per heavy atom. The molecule has 0 amide bonds. The quantitative estimate of drug-likeness (QED) is 0.315. The van der Waals surface area contributed by atoms with E-state index in [2.05, 4.69) is 6.92 Å². The number of aliphatic hydroxyl groups excluding tert-OH is 2. The molecule has 0 saturated heterocycles. The normalized spacial score (nSPS) is 14.3. The second kappa shape index (κ2) is 15.0. The minimum atomic E-state index is -0.753. The third-order valence-corrected chi connectivity index (χ3v) is 3.84. The molecule has 0 spiro atoms. The van der Waals surface area contributed by atoms with Gasteiger partial charge in [-0.25, -0.2) is 0 Å². The molecule has 0 aromatic carbocycles. The summed E-state index contributed by atoms with van der Waals surface area (Å²) in [5, 5.41) is 28.1. The van der Waals surface area contributed by atoms with Crippen LogP contribution in [0.4, 0.5) is 0 Å². The van der Waals surface area contributed by atoms with Crippen molar-refractivity contribution in [2.45, 2.75) is 96.2 Å². The van der Waals surface area contributed by atoms with Crippen LogP contribution in [0.15, 0.2) is 12.2 Å². The van der Waals surface area contributed by atoms with Crippen molar-refractivity contribution in [1.82, 2.24) is 0 Å². The number of allylic oxidation sites excluding steroid dienone is 1. The van der Waals surface area contributed by atoms with Crippen molar-refractivity contribution >= 4 is 5.97 Å². The zero-order chi connectivity index (χ0) is 16.6. The van der Waals surface area contributed by atoms with Crippen LogP contribution in [0.2, 0.25) is 0 Å². The molecule has 0 aliphatic carbocycles. The number of rotatable bonds is 15. The van der Waals surface area contributed by atoms with Crippen molar-refractivity contribution in [2.75, 3.05) is 0 Å². The Labute approximate surface area is 135 Å². The molecule has 130 valence electrons. The Morgan fingerprint density at radius 2 is 1.59 bits per heavy atom. The third kappa shape index (κ3) is 14.1. The van der Waals surface area contributed by atoms with E-state index in [0.717, 1.165) is 51.4 Å². The number of carbonyl (C=O) groups is 1. The fourth-order valence-electron chi connectivity index (χ4n) is 2.38. The molecule has 4 heteroatoms. The van der Waals surface area contributed by atoms with Crippen LogP contribution < -0.4 is 0 Å². The van der Waals surface area contributed by atoms with Gasteiger partial charge in [-0.2, -0.15) is 0 Å². The van der Waals surface area contributed by atoms with E-state index in [-0.39, 0.29) is 6.42 Å². The molecule has 2 atom stereocenters. The zero-order valence-corrected chi connectivity index (χ0v) is 14.0. The maximum atomic E-state index is 10.3. The van der Waals surface area contributed by atoms with Gasteiger partial charge in [-0.3, -0.25) is 4.79 Å². The SMILES string of the molecule is CCCCCCC(O)C(O)/C=C\CCCCCCCC(=O)O. The van der Waals surface area contributed by atoms with E-state index in [0.29, 0.717) is 6.42 Å². The van der Waals surface area contributed by atoms with Crippen LogP contribution in [0.3, 0.4) is 0 Å². The van der Waals surface area contributed by atoms with E-state index in [9.17, 15) is 15.0 Å². The number of carboxylic acid groups (broad SMARTS) is 1. The van der Waals surface area contributed by atoms with E-state index in [1.165, 1.54) is 12.8 Å². The van der Waals surface area contributed by atoms with Crippen molar-refractivity contribution in [3.05, 3.63) is 12.2 Å². The van der Waals surface area contributed by atoms with Gasteiger partial charge in [0.15, 0.2) is 0 Å². The number of aliphatic hydroxyl groups is 2. The van der Waals surface area contributed by atoms with Gasteiger partial charge in [-0.05, 0) is 25.7 Å². The Bertz CT molecular complexity index is 289. The lowest BCUT2D eigenvalue weighted by molar-refractivity contribution is -0.137. The summed E-state index contributed by atoms with van der Waals surface area (Å²) in [6.45, 7) is 2.15. The maximum absolute atomic E-state index is 10.3. The lowest BCUT2D eigenvalue weighted by Gasteiger charge is -2.14. The summed E-state index contributed by atoms with van der Waals surface area (Å²) in [5.41, 5.74) is 0. The minimum absolute atomic E-state index is 0.266. The summed E-state index contributed by atoms with van der Waals surface area (Å²) < 4.78 is 0. The molecule has 2 unspecified atom stereocenters. The molecule has 3 N–H and O–H groups in total. The molecule has 0 bridgehead atoms. The molecule has 0 aliphatic heterocycles. The highest BCUT2D eigenvalue weighted by Crippen LogP contribution is 2.11. The molecule has 0 fully saturated rings. The molecule has 0 radical (unpaired) electrons. The summed E-state index contributed by atoms with van der Waals surface area (Å²) in [4.78, 5) is 10.3. The number of hydrogen-bond acceptors (Lipinski definition) is 3. The first-order valence-electron chi connectivity index (χ1n) is 8.82. The van der Waals surface area contributed by atoms with Gasteiger partial charge in [-0.1, -0.05) is 64.0 Å². The van der Waals surface area contributed by atoms with E-state index in [1.807, 2.05) is 6.08 Å². The van der Waals surface area contributed by atoms with Gasteiger partial charge in [0.25, 0.3) is 0 Å². The van der Waals surface area contributed by atoms with Crippen molar-refractivity contribution in [1.29, 1.82) is 0 Å². The van der Waals surface area contributed by atoms with E-state index in [1.54, 1.807) is 6.08 Å². The van der Waals surface area contributed by atoms with Crippen molar-refractivity contribution in [3.8, 4) is 0 Å². The average molecular weight is 314 g/mol. The predicted molar refractivity (Wildman–Crippen MR) is 89.9 cm³/mol. The average Bonchev–Trinajstić information content (AvgIpc) is 2.49. The summed E-state index contributed by atoms with van der Waals surface area (Å²) in [6.07, 6.45) is 13.4. The predicted octanol–water partition coefficient (Wildman–Crippen LogP) is 4.05. The molecule has 4 nitrogen and oxygen atoms in total. The van der Waals surface area contributed by atoms with Crippen LogP contribution in [0, 0.1) is 0 Å². The summed E-state index contributed by atoms with van der Waals surface area (Å²) in [6, 6.07) is 0. The third-order valence-electron chi connectivity index (χ3n) is 3.84. The van der Waals surface area contributed by atoms with Gasteiger partial charge in [0.1, 0.15) is 0 Å². The summed E-state index contributed by atoms with van der Waals surface area (Å²) in [5.74, 6) is -0.717. The number of aliphatic carboxylic acids is 1. The Morgan fingerprint density at radius 1 is 0.955 bits per heavy atom. The summed E-state index contributed by atoms with van der Waals surface area (Å²) >= 11 is 0. The Kier molecular flexibility index (Phi) is 14.4. The number of hydrogen-bond donors (Lipinski definition) is 3. The van der Waals surface area contributed by atoms with Crippen molar-refractivity contribution < 1.29 is 20.1 Å². The van der Waals surface area contributed by atoms with Crippen LogP contribution in [0.1, 0.15) is 84.0 Å². The highest BCUT2D eigenvalue weighted by atomic mass is 16.4. The highest BCUT2D eigenvalue weighted by Gasteiger charge is 2.11. The van der Waals surface area contributed by atoms with Crippen LogP contribution in [-0.4, -0.2) is 33.5 Å². The van der Waals surface area contributed by atoms with Crippen LogP contribution in [0.25, 0.3) is 0 Å². The molecule has 0 rings (SSSR count). The second-order valence-corrected chi connectivity index (χ2v) is 6.04. The fraction of sp³-hybridized carbons (Fsp3) is 0.833. The molecular formula is C18H34O4. The first kappa shape index (κ1) is 21.1. The monoisotopic (exact) mass is 314 g/mol. The molecule has 22 heavy (non-hydrogen) atoms. The van der Waals surface area contributed by atoms with Gasteiger partial charge >= 0.3 is 5.97 Å². The topological polar surface area (TPSA) is 77.8 Å². The zero-order valence-electron chi connectivity index (χ0n) is 14.0. The van der Waals surface area contributed by atoms with Crippen LogP contribution >= 0.6 is 0 Å². The first-order valence-corrected chi connectivity index (χ1v) is 8.82. The van der Waals surface area contributed by atoms with Gasteiger partial charge in [0.05, 0.1) is 12.2 Å². The standard InChI is InChI=1S/C18H34O4/c1-2-3-4-10-13-16(19)17(20)14-11-8-6-5-7-9-12-15-18(21)22/h11,14,16-17,19-20H,2-10,12-13,15H2,1H3,(H,21,22)/b14-11-. The summed E-state index contributed by atoms with van der Waals surface area (Å²) in [7, 11) is 0. The van der Waals surface area contributed by atoms with Crippen molar-refractivity contribution in [3.63, 3.8) is 0 Å². The lowest BCUT2D eigenvalue weighted by atomic mass is 10.0. The van der Waals surface area contributed by atoms with Gasteiger partial charge in [0.2, 0.25) is 0 Å². The number of carboxylic acids is 1. The van der Waals surface area contributed by atoms with Crippen LogP contribution in [-0.2, 0) is 4.79 Å². The van der Waals surface area contributed by atoms with Gasteiger partial charge in [0, 0.05) is 6.42 Å². The van der Waals surface area contributed by atoms with E-state index in [4.69, 9.17) is 5.11 Å². The Hall–Kier alpha value is -0.870. The first-order chi connectivity index (χ1) is 10.6. The molecule has 0 aromatic heterocycles. The minimum Gasteiger partial charge on any atom is -0.481 e. The molecule has 0 aromatic rings. The van der Waals surface area contributed by atoms with E-state index < -0.39 is 18.2 Å². The second-order valence-electron chi connectivity index (χ2n) is 6.04. The fourth-order valence-corrected chi connectivity index (χ4v) is 2.38. The molecule has 0 heterocycles. The maximum Gasteiger partial charge on any atom is 0.303 e. The van der Waals surface area contributed by atoms with Gasteiger partial charge < -0.3 is 15.3 Å². The van der Waals surface area contributed by atoms with Crippen LogP contribution in [0.5, 0.6) is 0 Å². The largest absolute Gasteiger partial charge is 0.481 e. The Balaban J connectivity index is 3.48. The van der Waals surface area contributed by atoms with E-state index >= 15 is 0 Å². The van der Waals surface area contributed by atoms with Gasteiger partial charge in [-0.15, -0.1) is 0 Å². The lowest BCUT2D eigenvalue weighted by Crippen LogP contribution is -2.23. The van der Waals surface area contributed by atoms with Crippen molar-refractivity contribution in [2.24, 2.45) is 0 Å².